The third kappa shape index (κ3) is 5.63. The van der Waals surface area contributed by atoms with Crippen LogP contribution in [0.25, 0.3) is 0 Å². The number of halogens is 1. The zero-order valence-electron chi connectivity index (χ0n) is 11.6. The van der Waals surface area contributed by atoms with Crippen LogP contribution in [0.1, 0.15) is 29.3 Å². The standard InChI is InChI=1S/C15H16FNO4/c1-2-21-14(19)10-17-15(20)12-7-6-11(9-13(12)16)5-3-4-8-18/h6-7,9,18H,2,4,8,10H2,1H3,(H,17,20). The van der Waals surface area contributed by atoms with Gasteiger partial charge in [0.2, 0.25) is 0 Å². The summed E-state index contributed by atoms with van der Waals surface area (Å²) in [4.78, 5) is 22.8. The van der Waals surface area contributed by atoms with E-state index in [2.05, 4.69) is 21.9 Å². The first kappa shape index (κ1) is 16.7. The van der Waals surface area contributed by atoms with E-state index in [-0.39, 0.29) is 25.3 Å². The van der Waals surface area contributed by atoms with Crippen molar-refractivity contribution in [3.63, 3.8) is 0 Å². The Balaban J connectivity index is 2.69. The number of amides is 1. The number of nitrogens with one attached hydrogen (secondary N) is 1. The molecule has 0 aliphatic heterocycles. The Morgan fingerprint density at radius 3 is 2.81 bits per heavy atom. The third-order valence-electron chi connectivity index (χ3n) is 2.38. The fourth-order valence-electron chi connectivity index (χ4n) is 1.46. The molecule has 1 aromatic carbocycles. The number of carbonyl (C=O) groups is 2. The van der Waals surface area contributed by atoms with E-state index in [1.165, 1.54) is 12.1 Å². The van der Waals surface area contributed by atoms with Crippen LogP contribution < -0.4 is 5.32 Å². The van der Waals surface area contributed by atoms with Gasteiger partial charge in [-0.1, -0.05) is 11.8 Å². The Morgan fingerprint density at radius 2 is 2.19 bits per heavy atom. The van der Waals surface area contributed by atoms with E-state index in [1.54, 1.807) is 6.92 Å². The van der Waals surface area contributed by atoms with Crippen LogP contribution in [0, 0.1) is 17.7 Å². The van der Waals surface area contributed by atoms with Crippen LogP contribution in [-0.4, -0.2) is 36.7 Å². The summed E-state index contributed by atoms with van der Waals surface area (Å²) in [5.41, 5.74) is 0.231. The first-order valence-corrected chi connectivity index (χ1v) is 6.41. The first-order chi connectivity index (χ1) is 10.1. The van der Waals surface area contributed by atoms with E-state index >= 15 is 0 Å². The molecule has 1 rings (SSSR count). The van der Waals surface area contributed by atoms with Gasteiger partial charge in [-0.2, -0.15) is 0 Å². The predicted molar refractivity (Wildman–Crippen MR) is 73.9 cm³/mol. The molecule has 1 amide bonds. The molecule has 2 N–H and O–H groups in total. The fourth-order valence-corrected chi connectivity index (χ4v) is 1.46. The third-order valence-corrected chi connectivity index (χ3v) is 2.38. The second kappa shape index (κ2) is 8.72. The molecule has 5 nitrogen and oxygen atoms in total. The Hall–Kier alpha value is -2.39. The quantitative estimate of drug-likeness (QED) is 0.623. The van der Waals surface area contributed by atoms with E-state index in [0.717, 1.165) is 6.07 Å². The topological polar surface area (TPSA) is 75.6 Å². The van der Waals surface area contributed by atoms with Gasteiger partial charge in [0, 0.05) is 12.0 Å². The normalized spacial score (nSPS) is 9.48. The lowest BCUT2D eigenvalue weighted by Crippen LogP contribution is -2.31. The van der Waals surface area contributed by atoms with Gasteiger partial charge in [0.1, 0.15) is 12.4 Å². The molecule has 0 heterocycles. The highest BCUT2D eigenvalue weighted by molar-refractivity contribution is 5.96. The summed E-state index contributed by atoms with van der Waals surface area (Å²) in [6.07, 6.45) is 0.295. The van der Waals surface area contributed by atoms with Crippen molar-refractivity contribution in [2.75, 3.05) is 19.8 Å². The van der Waals surface area contributed by atoms with E-state index in [0.29, 0.717) is 12.0 Å². The molecule has 0 atom stereocenters. The largest absolute Gasteiger partial charge is 0.465 e. The van der Waals surface area contributed by atoms with Crippen LogP contribution in [0.5, 0.6) is 0 Å². The summed E-state index contributed by atoms with van der Waals surface area (Å²) in [5, 5.41) is 10.9. The summed E-state index contributed by atoms with van der Waals surface area (Å²) in [5.74, 6) is 3.30. The van der Waals surface area contributed by atoms with Gasteiger partial charge in [0.05, 0.1) is 18.8 Å². The number of hydrogen-bond donors (Lipinski definition) is 2. The minimum atomic E-state index is -0.729. The molecule has 0 radical (unpaired) electrons. The SMILES string of the molecule is CCOC(=O)CNC(=O)c1ccc(C#CCCO)cc1F. The van der Waals surface area contributed by atoms with Gasteiger partial charge in [-0.05, 0) is 25.1 Å². The van der Waals surface area contributed by atoms with Crippen LogP contribution in [0.2, 0.25) is 0 Å². The number of hydrogen-bond acceptors (Lipinski definition) is 4. The molecule has 1 aromatic rings. The molecule has 0 saturated heterocycles. The van der Waals surface area contributed by atoms with Crippen LogP contribution in [0.4, 0.5) is 4.39 Å². The minimum Gasteiger partial charge on any atom is -0.465 e. The van der Waals surface area contributed by atoms with Crippen molar-refractivity contribution >= 4 is 11.9 Å². The number of benzene rings is 1. The molecule has 112 valence electrons. The van der Waals surface area contributed by atoms with Gasteiger partial charge >= 0.3 is 5.97 Å². The summed E-state index contributed by atoms with van der Waals surface area (Å²) < 4.78 is 18.4. The van der Waals surface area contributed by atoms with E-state index in [9.17, 15) is 14.0 Å². The number of rotatable bonds is 5. The van der Waals surface area contributed by atoms with Crippen LogP contribution in [0.15, 0.2) is 18.2 Å². The molecule has 0 aliphatic rings. The molecule has 6 heteroatoms. The summed E-state index contributed by atoms with van der Waals surface area (Å²) in [6.45, 7) is 1.48. The second-order valence-corrected chi connectivity index (χ2v) is 3.96. The molecule has 0 bridgehead atoms. The van der Waals surface area contributed by atoms with E-state index in [4.69, 9.17) is 5.11 Å². The zero-order valence-corrected chi connectivity index (χ0v) is 11.6. The molecule has 0 saturated carbocycles. The summed E-state index contributed by atoms with van der Waals surface area (Å²) in [7, 11) is 0. The van der Waals surface area contributed by atoms with Gasteiger partial charge in [0.25, 0.3) is 5.91 Å². The highest BCUT2D eigenvalue weighted by atomic mass is 19.1. The molecule has 0 fully saturated rings. The first-order valence-electron chi connectivity index (χ1n) is 6.41. The lowest BCUT2D eigenvalue weighted by molar-refractivity contribution is -0.141. The maximum atomic E-state index is 13.8. The Kier molecular flexibility index (Phi) is 6.92. The van der Waals surface area contributed by atoms with Crippen molar-refractivity contribution in [2.24, 2.45) is 0 Å². The van der Waals surface area contributed by atoms with Crippen molar-refractivity contribution in [1.82, 2.24) is 5.32 Å². The fraction of sp³-hybridized carbons (Fsp3) is 0.333. The molecule has 21 heavy (non-hydrogen) atoms. The molecule has 0 unspecified atom stereocenters. The van der Waals surface area contributed by atoms with E-state index < -0.39 is 17.7 Å². The van der Waals surface area contributed by atoms with Gasteiger partial charge in [0.15, 0.2) is 0 Å². The maximum Gasteiger partial charge on any atom is 0.325 e. The van der Waals surface area contributed by atoms with Gasteiger partial charge < -0.3 is 15.2 Å². The number of ether oxygens (including phenoxy) is 1. The number of aliphatic hydroxyl groups excluding tert-OH is 1. The summed E-state index contributed by atoms with van der Waals surface area (Å²) in [6, 6.07) is 3.91. The van der Waals surface area contributed by atoms with Crippen LogP contribution >= 0.6 is 0 Å². The van der Waals surface area contributed by atoms with Gasteiger partial charge in [-0.3, -0.25) is 9.59 Å². The van der Waals surface area contributed by atoms with Crippen LogP contribution in [0.3, 0.4) is 0 Å². The van der Waals surface area contributed by atoms with Gasteiger partial charge in [-0.15, -0.1) is 0 Å². The number of esters is 1. The molecule has 0 aliphatic carbocycles. The Morgan fingerprint density at radius 1 is 1.43 bits per heavy atom. The maximum absolute atomic E-state index is 13.8. The van der Waals surface area contributed by atoms with Crippen LogP contribution in [-0.2, 0) is 9.53 Å². The lowest BCUT2D eigenvalue weighted by atomic mass is 10.1. The molecular formula is C15H16FNO4. The molecular weight excluding hydrogens is 277 g/mol. The lowest BCUT2D eigenvalue weighted by Gasteiger charge is -2.06. The highest BCUT2D eigenvalue weighted by Gasteiger charge is 2.13. The van der Waals surface area contributed by atoms with E-state index in [1.807, 2.05) is 0 Å². The Bertz CT molecular complexity index is 575. The predicted octanol–water partition coefficient (Wildman–Crippen LogP) is 0.853. The number of aliphatic hydroxyl groups is 1. The van der Waals surface area contributed by atoms with Gasteiger partial charge in [-0.25, -0.2) is 4.39 Å². The monoisotopic (exact) mass is 293 g/mol. The van der Waals surface area contributed by atoms with Crippen molar-refractivity contribution in [1.29, 1.82) is 0 Å². The Labute approximate surface area is 122 Å². The average Bonchev–Trinajstić information content (AvgIpc) is 2.45. The molecule has 0 spiro atoms. The van der Waals surface area contributed by atoms with Crippen molar-refractivity contribution in [2.45, 2.75) is 13.3 Å². The molecule has 0 aromatic heterocycles. The van der Waals surface area contributed by atoms with Crippen molar-refractivity contribution in [3.05, 3.63) is 35.1 Å². The smallest absolute Gasteiger partial charge is 0.325 e. The van der Waals surface area contributed by atoms with Crippen molar-refractivity contribution < 1.29 is 23.8 Å². The minimum absolute atomic E-state index is 0.0656. The summed E-state index contributed by atoms with van der Waals surface area (Å²) >= 11 is 0. The average molecular weight is 293 g/mol. The highest BCUT2D eigenvalue weighted by Crippen LogP contribution is 2.09. The second-order valence-electron chi connectivity index (χ2n) is 3.96. The zero-order chi connectivity index (χ0) is 15.7. The number of carbonyl (C=O) groups excluding carboxylic acids is 2. The van der Waals surface area contributed by atoms with Crippen molar-refractivity contribution in [3.8, 4) is 11.8 Å².